The molecule has 0 amide bonds. The molecule has 1 saturated heterocycles. The molecule has 0 aromatic carbocycles. The number of hydrogen-bond acceptors (Lipinski definition) is 6. The topological polar surface area (TPSA) is 81.6 Å². The molecule has 0 aliphatic carbocycles. The van der Waals surface area contributed by atoms with Crippen molar-refractivity contribution in [3.8, 4) is 0 Å². The van der Waals surface area contributed by atoms with Gasteiger partial charge in [-0.25, -0.2) is 9.97 Å². The minimum absolute atomic E-state index is 0.453. The van der Waals surface area contributed by atoms with Crippen LogP contribution in [0, 0.1) is 0 Å². The normalized spacial score (nSPS) is 17.7. The van der Waals surface area contributed by atoms with Crippen LogP contribution in [0.2, 0.25) is 0 Å². The number of likely N-dealkylation sites (N-methyl/N-ethyl adjacent to an activating group) is 1. The lowest BCUT2D eigenvalue weighted by molar-refractivity contribution is -0.139. The third kappa shape index (κ3) is 4.64. The summed E-state index contributed by atoms with van der Waals surface area (Å²) in [5.74, 6) is 0.00128. The second kappa shape index (κ2) is 7.90. The van der Waals surface area contributed by atoms with Gasteiger partial charge in [0.25, 0.3) is 0 Å². The summed E-state index contributed by atoms with van der Waals surface area (Å²) in [6, 6.07) is 1.36. The molecule has 0 saturated carbocycles. The molecule has 7 heteroatoms. The molecule has 1 atom stereocenters. The maximum absolute atomic E-state index is 11.1. The number of piperazine rings is 1. The molecule has 0 spiro atoms. The van der Waals surface area contributed by atoms with Crippen molar-refractivity contribution in [1.82, 2.24) is 20.2 Å². The second-order valence-corrected chi connectivity index (χ2v) is 5.11. The maximum atomic E-state index is 11.1. The van der Waals surface area contributed by atoms with Crippen LogP contribution in [0.15, 0.2) is 18.5 Å². The van der Waals surface area contributed by atoms with Crippen molar-refractivity contribution >= 4 is 11.9 Å². The Morgan fingerprint density at radius 3 is 2.57 bits per heavy atom. The highest BCUT2D eigenvalue weighted by Crippen LogP contribution is 2.10. The van der Waals surface area contributed by atoms with Crippen molar-refractivity contribution < 1.29 is 9.90 Å². The molecule has 2 heterocycles. The van der Waals surface area contributed by atoms with Crippen LogP contribution >= 0.6 is 0 Å². The highest BCUT2D eigenvalue weighted by molar-refractivity contribution is 5.73. The molecule has 0 bridgehead atoms. The zero-order valence-corrected chi connectivity index (χ0v) is 12.4. The first-order valence-corrected chi connectivity index (χ1v) is 7.41. The van der Waals surface area contributed by atoms with Gasteiger partial charge in [-0.3, -0.25) is 9.69 Å². The maximum Gasteiger partial charge on any atom is 0.320 e. The zero-order valence-electron chi connectivity index (χ0n) is 12.4. The number of nitrogens with one attached hydrogen (secondary N) is 1. The van der Waals surface area contributed by atoms with Gasteiger partial charge in [-0.1, -0.05) is 6.92 Å². The Hall–Kier alpha value is -1.73. The number of aliphatic carboxylic acids is 1. The smallest absolute Gasteiger partial charge is 0.320 e. The number of carboxylic acids is 1. The summed E-state index contributed by atoms with van der Waals surface area (Å²) < 4.78 is 0. The summed E-state index contributed by atoms with van der Waals surface area (Å²) in [4.78, 5) is 24.1. The van der Waals surface area contributed by atoms with Crippen LogP contribution < -0.4 is 10.2 Å². The third-order valence-corrected chi connectivity index (χ3v) is 3.69. The van der Waals surface area contributed by atoms with Crippen LogP contribution in [0.4, 0.5) is 5.95 Å². The second-order valence-electron chi connectivity index (χ2n) is 5.11. The molecule has 1 fully saturated rings. The van der Waals surface area contributed by atoms with Crippen molar-refractivity contribution in [2.24, 2.45) is 0 Å². The van der Waals surface area contributed by atoms with Gasteiger partial charge in [0, 0.05) is 45.1 Å². The quantitative estimate of drug-likeness (QED) is 0.735. The van der Waals surface area contributed by atoms with E-state index in [1.54, 1.807) is 12.4 Å². The van der Waals surface area contributed by atoms with Gasteiger partial charge in [0.1, 0.15) is 6.04 Å². The number of carboxylic acid groups (broad SMARTS) is 1. The van der Waals surface area contributed by atoms with Crippen LogP contribution in [0.1, 0.15) is 13.3 Å². The van der Waals surface area contributed by atoms with E-state index >= 15 is 0 Å². The number of carbonyl (C=O) groups is 1. The van der Waals surface area contributed by atoms with Crippen LogP contribution in [-0.2, 0) is 4.79 Å². The van der Waals surface area contributed by atoms with E-state index < -0.39 is 12.0 Å². The Morgan fingerprint density at radius 2 is 2.00 bits per heavy atom. The minimum atomic E-state index is -0.770. The van der Waals surface area contributed by atoms with Crippen molar-refractivity contribution in [2.75, 3.05) is 44.2 Å². The molecule has 1 aromatic heterocycles. The predicted octanol–water partition coefficient (Wildman–Crippen LogP) is 0.0514. The van der Waals surface area contributed by atoms with E-state index in [0.29, 0.717) is 13.0 Å². The average Bonchev–Trinajstić information content (AvgIpc) is 2.52. The van der Waals surface area contributed by atoms with Gasteiger partial charge in [-0.15, -0.1) is 0 Å². The Kier molecular flexibility index (Phi) is 5.89. The molecule has 1 aliphatic rings. The number of anilines is 1. The molecule has 0 radical (unpaired) electrons. The lowest BCUT2D eigenvalue weighted by atomic mass is 10.2. The van der Waals surface area contributed by atoms with Crippen LogP contribution in [0.25, 0.3) is 0 Å². The Balaban J connectivity index is 1.75. The van der Waals surface area contributed by atoms with Gasteiger partial charge in [-0.2, -0.15) is 0 Å². The SMILES string of the molecule is CCNC(CCN1CCN(c2ncccn2)CC1)C(=O)O. The molecule has 1 aliphatic heterocycles. The Bertz CT molecular complexity index is 434. The monoisotopic (exact) mass is 293 g/mol. The molecule has 2 rings (SSSR count). The number of hydrogen-bond donors (Lipinski definition) is 2. The van der Waals surface area contributed by atoms with Crippen LogP contribution in [0.5, 0.6) is 0 Å². The Labute approximate surface area is 125 Å². The molecule has 7 nitrogen and oxygen atoms in total. The molecule has 116 valence electrons. The molecule has 1 unspecified atom stereocenters. The van der Waals surface area contributed by atoms with E-state index in [1.165, 1.54) is 0 Å². The first-order valence-electron chi connectivity index (χ1n) is 7.41. The van der Waals surface area contributed by atoms with E-state index in [1.807, 2.05) is 13.0 Å². The lowest BCUT2D eigenvalue weighted by Gasteiger charge is -2.35. The van der Waals surface area contributed by atoms with Gasteiger partial charge in [0.05, 0.1) is 0 Å². The summed E-state index contributed by atoms with van der Waals surface area (Å²) in [5, 5.41) is 12.1. The van der Waals surface area contributed by atoms with E-state index in [0.717, 1.165) is 38.7 Å². The van der Waals surface area contributed by atoms with E-state index in [4.69, 9.17) is 5.11 Å². The van der Waals surface area contributed by atoms with Gasteiger partial charge in [0.15, 0.2) is 0 Å². The molecular weight excluding hydrogens is 270 g/mol. The summed E-state index contributed by atoms with van der Waals surface area (Å²) in [7, 11) is 0. The van der Waals surface area contributed by atoms with Gasteiger partial charge in [0.2, 0.25) is 5.95 Å². The van der Waals surface area contributed by atoms with Gasteiger partial charge < -0.3 is 15.3 Å². The number of aromatic nitrogens is 2. The highest BCUT2D eigenvalue weighted by atomic mass is 16.4. The largest absolute Gasteiger partial charge is 0.480 e. The first-order chi connectivity index (χ1) is 10.2. The fourth-order valence-corrected chi connectivity index (χ4v) is 2.50. The highest BCUT2D eigenvalue weighted by Gasteiger charge is 2.21. The first kappa shape index (κ1) is 15.7. The van der Waals surface area contributed by atoms with Crippen molar-refractivity contribution in [2.45, 2.75) is 19.4 Å². The van der Waals surface area contributed by atoms with E-state index in [9.17, 15) is 4.79 Å². The van der Waals surface area contributed by atoms with E-state index in [-0.39, 0.29) is 0 Å². The average molecular weight is 293 g/mol. The Morgan fingerprint density at radius 1 is 1.33 bits per heavy atom. The minimum Gasteiger partial charge on any atom is -0.480 e. The summed E-state index contributed by atoms with van der Waals surface area (Å²) in [6.07, 6.45) is 4.14. The van der Waals surface area contributed by atoms with Crippen LogP contribution in [0.3, 0.4) is 0 Å². The lowest BCUT2D eigenvalue weighted by Crippen LogP contribution is -2.48. The van der Waals surface area contributed by atoms with Crippen molar-refractivity contribution in [1.29, 1.82) is 0 Å². The van der Waals surface area contributed by atoms with E-state index in [2.05, 4.69) is 25.1 Å². The van der Waals surface area contributed by atoms with Crippen molar-refractivity contribution in [3.63, 3.8) is 0 Å². The summed E-state index contributed by atoms with van der Waals surface area (Å²) in [5.41, 5.74) is 0. The molecule has 21 heavy (non-hydrogen) atoms. The fraction of sp³-hybridized carbons (Fsp3) is 0.643. The van der Waals surface area contributed by atoms with Gasteiger partial charge >= 0.3 is 5.97 Å². The van der Waals surface area contributed by atoms with Crippen LogP contribution in [-0.4, -0.2) is 71.3 Å². The van der Waals surface area contributed by atoms with Gasteiger partial charge in [-0.05, 0) is 19.0 Å². The molecule has 2 N–H and O–H groups in total. The standard InChI is InChI=1S/C14H23N5O2/c1-2-15-12(13(20)21)4-7-18-8-10-19(11-9-18)14-16-5-3-6-17-14/h3,5-6,12,15H,2,4,7-11H2,1H3,(H,20,21). The molecule has 1 aromatic rings. The zero-order chi connectivity index (χ0) is 15.1. The summed E-state index contributed by atoms with van der Waals surface area (Å²) >= 11 is 0. The third-order valence-electron chi connectivity index (χ3n) is 3.69. The summed E-state index contributed by atoms with van der Waals surface area (Å²) in [6.45, 7) is 6.98. The number of nitrogens with zero attached hydrogens (tertiary/aromatic N) is 4. The van der Waals surface area contributed by atoms with Crippen molar-refractivity contribution in [3.05, 3.63) is 18.5 Å². The number of rotatable bonds is 7. The molecular formula is C14H23N5O2. The fourth-order valence-electron chi connectivity index (χ4n) is 2.50. The predicted molar refractivity (Wildman–Crippen MR) is 80.4 cm³/mol.